The van der Waals surface area contributed by atoms with Gasteiger partial charge in [-0.3, -0.25) is 14.2 Å². The topological polar surface area (TPSA) is 77.6 Å². The number of hydrogen-bond donors (Lipinski definition) is 0. The van der Waals surface area contributed by atoms with Gasteiger partial charge in [0.1, 0.15) is 17.5 Å². The summed E-state index contributed by atoms with van der Waals surface area (Å²) in [5.41, 5.74) is 0.275. The normalized spacial score (nSPS) is 12.6. The minimum atomic E-state index is -0.241. The van der Waals surface area contributed by atoms with Crippen LogP contribution in [0.15, 0.2) is 33.1 Å². The molecule has 0 fully saturated rings. The largest absolute Gasteiger partial charge is 0.442 e. The van der Waals surface area contributed by atoms with Crippen molar-refractivity contribution in [2.45, 2.75) is 46.7 Å². The molecule has 0 saturated carbocycles. The quantitative estimate of drug-likeness (QED) is 0.473. The highest BCUT2D eigenvalue weighted by molar-refractivity contribution is 7.10. The van der Waals surface area contributed by atoms with Gasteiger partial charge < -0.3 is 14.1 Å². The predicted molar refractivity (Wildman–Crippen MR) is 118 cm³/mol. The Labute approximate surface area is 180 Å². The number of methoxy groups -OCH3 is 1. The van der Waals surface area contributed by atoms with Crippen molar-refractivity contribution in [1.29, 1.82) is 0 Å². The van der Waals surface area contributed by atoms with Gasteiger partial charge in [-0.1, -0.05) is 19.9 Å². The van der Waals surface area contributed by atoms with E-state index in [9.17, 15) is 9.59 Å². The number of nitrogens with zero attached hydrogens (tertiary/aromatic N) is 3. The average Bonchev–Trinajstić information content (AvgIpc) is 3.34. The first-order valence-corrected chi connectivity index (χ1v) is 11.0. The van der Waals surface area contributed by atoms with Crippen molar-refractivity contribution in [3.8, 4) is 0 Å². The number of rotatable bonds is 9. The van der Waals surface area contributed by atoms with E-state index in [1.165, 1.54) is 6.33 Å². The van der Waals surface area contributed by atoms with Crippen LogP contribution in [0.5, 0.6) is 0 Å². The molecule has 8 heteroatoms. The molecule has 0 aromatic carbocycles. The Bertz CT molecular complexity index is 1050. The molecule has 0 aliphatic carbocycles. The zero-order valence-electron chi connectivity index (χ0n) is 18.2. The summed E-state index contributed by atoms with van der Waals surface area (Å²) in [6, 6.07) is 3.86. The number of hydrogen-bond acceptors (Lipinski definition) is 6. The summed E-state index contributed by atoms with van der Waals surface area (Å²) in [6.45, 7) is 9.37. The Balaban J connectivity index is 2.07. The summed E-state index contributed by atoms with van der Waals surface area (Å²) >= 11 is 1.61. The summed E-state index contributed by atoms with van der Waals surface area (Å²) in [6.07, 6.45) is 2.19. The number of carbonyl (C=O) groups is 1. The Morgan fingerprint density at radius 2 is 2.13 bits per heavy atom. The van der Waals surface area contributed by atoms with Crippen LogP contribution in [0.4, 0.5) is 0 Å². The molecule has 1 atom stereocenters. The number of amides is 1. The average molecular weight is 432 g/mol. The fourth-order valence-electron chi connectivity index (χ4n) is 3.59. The van der Waals surface area contributed by atoms with Gasteiger partial charge in [0, 0.05) is 31.7 Å². The third-order valence-electron chi connectivity index (χ3n) is 5.06. The van der Waals surface area contributed by atoms with Crippen molar-refractivity contribution in [3.05, 3.63) is 50.4 Å². The molecule has 30 heavy (non-hydrogen) atoms. The van der Waals surface area contributed by atoms with Gasteiger partial charge >= 0.3 is 0 Å². The van der Waals surface area contributed by atoms with Gasteiger partial charge in [-0.25, -0.2) is 4.98 Å². The van der Waals surface area contributed by atoms with E-state index in [1.54, 1.807) is 34.8 Å². The summed E-state index contributed by atoms with van der Waals surface area (Å²) in [4.78, 5) is 34.0. The summed E-state index contributed by atoms with van der Waals surface area (Å²) < 4.78 is 12.4. The van der Waals surface area contributed by atoms with Gasteiger partial charge in [0.25, 0.3) is 11.5 Å². The highest BCUT2D eigenvalue weighted by Crippen LogP contribution is 2.29. The number of fused-ring (bicyclic) bond motifs is 1. The highest BCUT2D eigenvalue weighted by atomic mass is 32.1. The van der Waals surface area contributed by atoms with Crippen LogP contribution in [0.1, 0.15) is 54.2 Å². The van der Waals surface area contributed by atoms with Crippen LogP contribution in [0.2, 0.25) is 0 Å². The van der Waals surface area contributed by atoms with Gasteiger partial charge in [-0.2, -0.15) is 0 Å². The van der Waals surface area contributed by atoms with Gasteiger partial charge in [0.2, 0.25) is 5.71 Å². The number of aryl methyl sites for hydroxylation is 1. The molecule has 7 nitrogen and oxygen atoms in total. The van der Waals surface area contributed by atoms with Crippen LogP contribution < -0.4 is 5.56 Å². The second-order valence-electron chi connectivity index (χ2n) is 7.85. The lowest BCUT2D eigenvalue weighted by molar-refractivity contribution is 0.0670. The van der Waals surface area contributed by atoms with Gasteiger partial charge in [0.15, 0.2) is 0 Å². The molecule has 0 unspecified atom stereocenters. The number of aromatic nitrogens is 2. The predicted octanol–water partition coefficient (Wildman–Crippen LogP) is 4.26. The zero-order valence-corrected chi connectivity index (χ0v) is 19.0. The fraction of sp³-hybridized carbons (Fsp3) is 0.500. The minimum absolute atomic E-state index is 0.131. The SMILES string of the molecule is COCCCN(C(=O)c1c(C)oc2ncn(CC(C)C)c(=O)c12)[C@H](C)c1cccs1. The van der Waals surface area contributed by atoms with E-state index in [-0.39, 0.29) is 34.5 Å². The molecular formula is C22H29N3O4S. The maximum absolute atomic E-state index is 13.7. The standard InChI is InChI=1S/C22H29N3O4S/c1-14(2)12-24-13-23-20-19(21(24)26)18(16(4)29-20)22(27)25(9-7-10-28-5)15(3)17-8-6-11-30-17/h6,8,11,13-15H,7,9-10,12H2,1-5H3/t15-/m1/s1. The molecule has 0 aliphatic rings. The van der Waals surface area contributed by atoms with Crippen molar-refractivity contribution >= 4 is 28.3 Å². The zero-order chi connectivity index (χ0) is 21.8. The van der Waals surface area contributed by atoms with E-state index in [4.69, 9.17) is 9.15 Å². The Morgan fingerprint density at radius 1 is 1.37 bits per heavy atom. The van der Waals surface area contributed by atoms with E-state index >= 15 is 0 Å². The van der Waals surface area contributed by atoms with Crippen molar-refractivity contribution in [2.24, 2.45) is 5.92 Å². The summed E-state index contributed by atoms with van der Waals surface area (Å²) in [7, 11) is 1.64. The van der Waals surface area contributed by atoms with Crippen molar-refractivity contribution < 1.29 is 13.9 Å². The highest BCUT2D eigenvalue weighted by Gasteiger charge is 2.30. The molecule has 0 bridgehead atoms. The van der Waals surface area contributed by atoms with Gasteiger partial charge in [-0.05, 0) is 37.6 Å². The fourth-order valence-corrected chi connectivity index (χ4v) is 4.39. The first-order chi connectivity index (χ1) is 14.3. The van der Waals surface area contributed by atoms with Crippen molar-refractivity contribution in [1.82, 2.24) is 14.5 Å². The summed E-state index contributed by atoms with van der Waals surface area (Å²) in [5, 5.41) is 2.26. The molecule has 0 N–H and O–H groups in total. The smallest absolute Gasteiger partial charge is 0.265 e. The van der Waals surface area contributed by atoms with Crippen LogP contribution in [-0.2, 0) is 11.3 Å². The van der Waals surface area contributed by atoms with E-state index < -0.39 is 0 Å². The molecule has 162 valence electrons. The molecule has 3 rings (SSSR count). The molecule has 0 saturated heterocycles. The second kappa shape index (κ2) is 9.57. The lowest BCUT2D eigenvalue weighted by atomic mass is 10.1. The van der Waals surface area contributed by atoms with Crippen LogP contribution in [0.25, 0.3) is 11.1 Å². The molecule has 0 aliphatic heterocycles. The first-order valence-electron chi connectivity index (χ1n) is 10.2. The molecule has 0 spiro atoms. The van der Waals surface area contributed by atoms with E-state index in [2.05, 4.69) is 4.98 Å². The Kier molecular flexibility index (Phi) is 7.10. The third-order valence-corrected chi connectivity index (χ3v) is 6.10. The number of thiophene rings is 1. The maximum atomic E-state index is 13.7. The summed E-state index contributed by atoms with van der Waals surface area (Å²) in [5.74, 6) is 0.472. The van der Waals surface area contributed by atoms with E-state index in [0.29, 0.717) is 37.4 Å². The molecule has 1 amide bonds. The molecular weight excluding hydrogens is 402 g/mol. The number of furan rings is 1. The molecule has 3 aromatic heterocycles. The first kappa shape index (κ1) is 22.2. The molecule has 3 aromatic rings. The second-order valence-corrected chi connectivity index (χ2v) is 8.82. The van der Waals surface area contributed by atoms with Crippen LogP contribution in [0.3, 0.4) is 0 Å². The number of carbonyl (C=O) groups excluding carboxylic acids is 1. The number of ether oxygens (including phenoxy) is 1. The van der Waals surface area contributed by atoms with Crippen LogP contribution in [0, 0.1) is 12.8 Å². The molecule has 0 radical (unpaired) electrons. The Hall–Kier alpha value is -2.45. The molecule has 3 heterocycles. The van der Waals surface area contributed by atoms with E-state index in [0.717, 1.165) is 4.88 Å². The van der Waals surface area contributed by atoms with Gasteiger partial charge in [-0.15, -0.1) is 11.3 Å². The lowest BCUT2D eigenvalue weighted by Crippen LogP contribution is -2.35. The third kappa shape index (κ3) is 4.49. The van der Waals surface area contributed by atoms with Crippen molar-refractivity contribution in [3.63, 3.8) is 0 Å². The van der Waals surface area contributed by atoms with Crippen LogP contribution >= 0.6 is 11.3 Å². The van der Waals surface area contributed by atoms with Gasteiger partial charge in [0.05, 0.1) is 11.6 Å². The van der Waals surface area contributed by atoms with Crippen molar-refractivity contribution in [2.75, 3.05) is 20.3 Å². The van der Waals surface area contributed by atoms with Crippen LogP contribution in [-0.4, -0.2) is 40.6 Å². The van der Waals surface area contributed by atoms with E-state index in [1.807, 2.05) is 38.3 Å². The Morgan fingerprint density at radius 3 is 2.77 bits per heavy atom. The lowest BCUT2D eigenvalue weighted by Gasteiger charge is -2.28. The minimum Gasteiger partial charge on any atom is -0.442 e. The maximum Gasteiger partial charge on any atom is 0.265 e. The monoisotopic (exact) mass is 431 g/mol.